The van der Waals surface area contributed by atoms with Crippen molar-refractivity contribution in [2.75, 3.05) is 51.3 Å². The van der Waals surface area contributed by atoms with Crippen LogP contribution in [0.15, 0.2) is 90.1 Å². The van der Waals surface area contributed by atoms with Crippen LogP contribution in [0.5, 0.6) is 11.5 Å². The van der Waals surface area contributed by atoms with E-state index in [1.165, 1.54) is 11.7 Å². The molecule has 3 aliphatic carbocycles. The second-order valence-electron chi connectivity index (χ2n) is 20.5. The Balaban J connectivity index is 0.652. The first-order chi connectivity index (χ1) is 35.8. The van der Waals surface area contributed by atoms with Crippen molar-refractivity contribution < 1.29 is 37.0 Å². The van der Waals surface area contributed by atoms with Crippen molar-refractivity contribution in [1.82, 2.24) is 44.4 Å². The summed E-state index contributed by atoms with van der Waals surface area (Å²) in [5, 5.41) is 11.3. The number of ether oxygens (including phenoxy) is 2. The van der Waals surface area contributed by atoms with Gasteiger partial charge in [-0.3, -0.25) is 38.4 Å². The van der Waals surface area contributed by atoms with Gasteiger partial charge in [0.25, 0.3) is 5.91 Å². The minimum Gasteiger partial charge on any atom is -0.497 e. The van der Waals surface area contributed by atoms with Crippen LogP contribution in [0.2, 0.25) is 0 Å². The first kappa shape index (κ1) is 48.7. The van der Waals surface area contributed by atoms with Crippen molar-refractivity contribution in [3.63, 3.8) is 0 Å². The molecule has 0 spiro atoms. The molecule has 74 heavy (non-hydrogen) atoms. The Morgan fingerprint density at radius 2 is 1.57 bits per heavy atom. The van der Waals surface area contributed by atoms with Crippen LogP contribution in [0, 0.1) is 22.9 Å². The lowest BCUT2D eigenvalue weighted by atomic mass is 9.57. The maximum atomic E-state index is 15.2. The van der Waals surface area contributed by atoms with Gasteiger partial charge in [-0.05, 0) is 123 Å². The van der Waals surface area contributed by atoms with Crippen molar-refractivity contribution in [3.05, 3.63) is 130 Å². The number of hydrogen-bond acceptors (Lipinski definition) is 11. The second kappa shape index (κ2) is 19.7. The summed E-state index contributed by atoms with van der Waals surface area (Å²) in [6, 6.07) is 18.9. The molecular formula is C55H57F3N10O6. The van der Waals surface area contributed by atoms with Gasteiger partial charge >= 0.3 is 5.69 Å². The molecule has 19 heteroatoms. The van der Waals surface area contributed by atoms with Gasteiger partial charge in [0.05, 0.1) is 34.8 Å². The summed E-state index contributed by atoms with van der Waals surface area (Å²) in [7, 11) is 3.23. The molecule has 5 heterocycles. The van der Waals surface area contributed by atoms with Crippen LogP contribution in [0.1, 0.15) is 85.3 Å². The van der Waals surface area contributed by atoms with E-state index in [1.807, 2.05) is 30.6 Å². The molecule has 5 fully saturated rings. The van der Waals surface area contributed by atoms with Gasteiger partial charge in [0.15, 0.2) is 17.4 Å². The van der Waals surface area contributed by atoms with E-state index in [0.29, 0.717) is 35.3 Å². The van der Waals surface area contributed by atoms with E-state index < -0.39 is 46.6 Å². The molecule has 16 nitrogen and oxygen atoms in total. The lowest BCUT2D eigenvalue weighted by Gasteiger charge is -2.53. The number of imidazole rings is 1. The summed E-state index contributed by atoms with van der Waals surface area (Å²) >= 11 is 0. The fraction of sp³-hybridized carbons (Fsp3) is 0.400. The van der Waals surface area contributed by atoms with Gasteiger partial charge in [-0.2, -0.15) is 9.49 Å². The molecule has 3 aromatic heterocycles. The van der Waals surface area contributed by atoms with Crippen LogP contribution in [-0.4, -0.2) is 97.9 Å². The molecule has 2 saturated heterocycles. The fourth-order valence-corrected chi connectivity index (χ4v) is 11.5. The van der Waals surface area contributed by atoms with Gasteiger partial charge in [0.1, 0.15) is 18.4 Å². The lowest BCUT2D eigenvalue weighted by Crippen LogP contribution is -2.51. The Morgan fingerprint density at radius 3 is 2.28 bits per heavy atom. The summed E-state index contributed by atoms with van der Waals surface area (Å²) in [5.74, 6) is -5.37. The van der Waals surface area contributed by atoms with E-state index in [4.69, 9.17) is 24.5 Å². The monoisotopic (exact) mass is 1010 g/mol. The number of nitrogens with one attached hydrogen (secondary N) is 2. The van der Waals surface area contributed by atoms with Crippen molar-refractivity contribution in [2.45, 2.75) is 82.4 Å². The van der Waals surface area contributed by atoms with Gasteiger partial charge < -0.3 is 19.7 Å². The third-order valence-electron chi connectivity index (χ3n) is 16.1. The van der Waals surface area contributed by atoms with E-state index in [2.05, 4.69) is 49.5 Å². The standard InChI is InChI=1S/C55H57F3N10O6/c1-64-45-26-34(7-12-43(45)68(53(64)72)44-13-14-46(69)62-51(44)71)4-3-21-65-22-24-66(25-23-65)52-59-29-38(30-60-52)36-8-9-37-31-67(63-42(37)27-36)55-18-15-54(16-19-55,17-20-55)33-61-50(70)40-28-41(56)49(48(58)47(40)57)74-32-35-5-10-39(73-2)11-6-35/h5-12,26-31,44H,3-4,13-25,32-33H2,1-2H3,(H,61,70)(H,62,69,71). The van der Waals surface area contributed by atoms with Crippen molar-refractivity contribution in [3.8, 4) is 22.6 Å². The Labute approximate surface area is 424 Å². The van der Waals surface area contributed by atoms with Gasteiger partial charge in [0, 0.05) is 75.7 Å². The zero-order chi connectivity index (χ0) is 51.3. The predicted molar refractivity (Wildman–Crippen MR) is 270 cm³/mol. The molecule has 384 valence electrons. The second-order valence-corrected chi connectivity index (χ2v) is 20.5. The number of fused-ring (bicyclic) bond motifs is 5. The summed E-state index contributed by atoms with van der Waals surface area (Å²) in [6.07, 6.45) is 13.1. The number of carbonyl (C=O) groups is 3. The predicted octanol–water partition coefficient (Wildman–Crippen LogP) is 7.36. The van der Waals surface area contributed by atoms with Crippen LogP contribution in [0.3, 0.4) is 0 Å². The van der Waals surface area contributed by atoms with Crippen LogP contribution < -0.4 is 30.7 Å². The van der Waals surface area contributed by atoms with Gasteiger partial charge in [-0.25, -0.2) is 23.5 Å². The smallest absolute Gasteiger partial charge is 0.329 e. The number of benzene rings is 4. The minimum atomic E-state index is -1.55. The number of hydrogen-bond donors (Lipinski definition) is 2. The topological polar surface area (TPSA) is 171 Å². The number of amides is 3. The number of methoxy groups -OCH3 is 1. The van der Waals surface area contributed by atoms with Crippen LogP contribution in [0.4, 0.5) is 19.1 Å². The van der Waals surface area contributed by atoms with Gasteiger partial charge in [-0.1, -0.05) is 30.3 Å². The van der Waals surface area contributed by atoms with E-state index in [9.17, 15) is 19.2 Å². The number of carbonyl (C=O) groups excluding carboxylic acids is 3. The van der Waals surface area contributed by atoms with E-state index in [1.54, 1.807) is 35.9 Å². The third-order valence-corrected chi connectivity index (χ3v) is 16.1. The molecule has 2 aliphatic heterocycles. The number of imide groups is 1. The molecule has 5 aliphatic rings. The molecule has 12 rings (SSSR count). The molecule has 3 saturated carbocycles. The van der Waals surface area contributed by atoms with E-state index in [0.717, 1.165) is 117 Å². The van der Waals surface area contributed by atoms with Gasteiger partial charge in [0.2, 0.25) is 23.6 Å². The molecule has 1 unspecified atom stereocenters. The number of aryl methyl sites for hydroxylation is 2. The van der Waals surface area contributed by atoms with E-state index in [-0.39, 0.29) is 42.1 Å². The average Bonchev–Trinajstić information content (AvgIpc) is 3.98. The Kier molecular flexibility index (Phi) is 13.0. The normalized spacial score (nSPS) is 21.1. The van der Waals surface area contributed by atoms with Gasteiger partial charge in [-0.15, -0.1) is 0 Å². The van der Waals surface area contributed by atoms with Crippen molar-refractivity contribution in [2.24, 2.45) is 12.5 Å². The highest BCUT2D eigenvalue weighted by atomic mass is 19.2. The minimum absolute atomic E-state index is 0.174. The third kappa shape index (κ3) is 9.26. The number of anilines is 1. The molecule has 2 N–H and O–H groups in total. The summed E-state index contributed by atoms with van der Waals surface area (Å²) in [4.78, 5) is 64.9. The molecule has 3 amide bonds. The summed E-state index contributed by atoms with van der Waals surface area (Å²) in [5.41, 5.74) is 4.56. The van der Waals surface area contributed by atoms with Crippen LogP contribution in [0.25, 0.3) is 33.1 Å². The SMILES string of the molecule is COc1ccc(COc2c(F)cc(C(=O)NCC34CCC(n5cc6ccc(-c7cnc(N8CCN(CCCc9ccc%10c(c9)n(C)c(=O)n%10C9CCC(=O)NC9=O)CC8)nc7)cc6n5)(CC3)CC4)c(F)c2F)cc1. The molecule has 2 bridgehead atoms. The maximum absolute atomic E-state index is 15.2. The molecule has 4 aromatic carbocycles. The highest BCUT2D eigenvalue weighted by molar-refractivity contribution is 6.00. The first-order valence-corrected chi connectivity index (χ1v) is 25.3. The largest absolute Gasteiger partial charge is 0.497 e. The lowest BCUT2D eigenvalue weighted by molar-refractivity contribution is -0.135. The number of piperidine rings is 1. The molecular weight excluding hydrogens is 954 g/mol. The average molecular weight is 1010 g/mol. The molecule has 0 radical (unpaired) electrons. The first-order valence-electron chi connectivity index (χ1n) is 25.3. The van der Waals surface area contributed by atoms with Crippen molar-refractivity contribution in [1.29, 1.82) is 0 Å². The quantitative estimate of drug-likeness (QED) is 0.0777. The molecule has 1 atom stereocenters. The number of halogens is 3. The van der Waals surface area contributed by atoms with Crippen LogP contribution >= 0.6 is 0 Å². The number of piperazine rings is 1. The summed E-state index contributed by atoms with van der Waals surface area (Å²) in [6.45, 7) is 4.38. The Morgan fingerprint density at radius 1 is 0.838 bits per heavy atom. The fourth-order valence-electron chi connectivity index (χ4n) is 11.5. The Bertz CT molecular complexity index is 3340. The highest BCUT2D eigenvalue weighted by Gasteiger charge is 2.50. The highest BCUT2D eigenvalue weighted by Crippen LogP contribution is 2.55. The zero-order valence-electron chi connectivity index (χ0n) is 41.3. The number of aromatic nitrogens is 6. The number of rotatable bonds is 15. The number of nitrogens with zero attached hydrogens (tertiary/aromatic N) is 8. The molecule has 7 aromatic rings. The summed E-state index contributed by atoms with van der Waals surface area (Å²) < 4.78 is 61.0. The van der Waals surface area contributed by atoms with Crippen LogP contribution in [-0.2, 0) is 35.2 Å². The zero-order valence-corrected chi connectivity index (χ0v) is 41.3. The Hall–Kier alpha value is -7.54. The maximum Gasteiger partial charge on any atom is 0.329 e. The van der Waals surface area contributed by atoms with Crippen molar-refractivity contribution >= 4 is 45.6 Å². The van der Waals surface area contributed by atoms with E-state index >= 15 is 13.2 Å².